The molecule has 0 saturated heterocycles. The molecule has 0 spiro atoms. The molecule has 1 aliphatic carbocycles. The van der Waals surface area contributed by atoms with Gasteiger partial charge in [-0.15, -0.1) is 0 Å². The fourth-order valence-electron chi connectivity index (χ4n) is 2.53. The molecule has 1 saturated carbocycles. The Morgan fingerprint density at radius 2 is 1.76 bits per heavy atom. The summed E-state index contributed by atoms with van der Waals surface area (Å²) in [5.41, 5.74) is 0.440. The zero-order valence-corrected chi connectivity index (χ0v) is 9.88. The summed E-state index contributed by atoms with van der Waals surface area (Å²) in [6, 6.07) is 6.05. The van der Waals surface area contributed by atoms with E-state index in [9.17, 15) is 13.2 Å². The highest BCUT2D eigenvalue weighted by Crippen LogP contribution is 2.42. The van der Waals surface area contributed by atoms with Crippen LogP contribution in [0.1, 0.15) is 30.4 Å². The molecule has 1 fully saturated rings. The molecule has 0 heterocycles. The summed E-state index contributed by atoms with van der Waals surface area (Å²) in [6.07, 6.45) is -3.24. The van der Waals surface area contributed by atoms with E-state index in [1.165, 1.54) is 12.1 Å². The first-order valence-electron chi connectivity index (χ1n) is 5.78. The highest BCUT2D eigenvalue weighted by molar-refractivity contribution is 5.29. The van der Waals surface area contributed by atoms with Gasteiger partial charge in [-0.1, -0.05) is 19.1 Å². The first kappa shape index (κ1) is 12.4. The molecule has 1 nitrogen and oxygen atoms in total. The van der Waals surface area contributed by atoms with E-state index in [0.717, 1.165) is 12.0 Å². The maximum Gasteiger partial charge on any atom is 0.416 e. The van der Waals surface area contributed by atoms with Crippen LogP contribution in [0.2, 0.25) is 0 Å². The van der Waals surface area contributed by atoms with E-state index < -0.39 is 11.7 Å². The highest BCUT2D eigenvalue weighted by Gasteiger charge is 2.38. The van der Waals surface area contributed by atoms with E-state index in [2.05, 4.69) is 12.2 Å². The number of benzene rings is 1. The number of halogens is 3. The number of alkyl halides is 3. The van der Waals surface area contributed by atoms with Gasteiger partial charge in [0.05, 0.1) is 5.56 Å². The molecule has 1 aliphatic rings. The maximum absolute atomic E-state index is 12.4. The Morgan fingerprint density at radius 3 is 2.18 bits per heavy atom. The fraction of sp³-hybridized carbons (Fsp3) is 0.538. The summed E-state index contributed by atoms with van der Waals surface area (Å²) in [7, 11) is 1.92. The lowest BCUT2D eigenvalue weighted by atomic mass is 9.67. The molecule has 0 amide bonds. The summed E-state index contributed by atoms with van der Waals surface area (Å²) in [5.74, 6) is 0.867. The number of hydrogen-bond donors (Lipinski definition) is 1. The van der Waals surface area contributed by atoms with Crippen molar-refractivity contribution in [1.29, 1.82) is 0 Å². The predicted molar refractivity (Wildman–Crippen MR) is 60.8 cm³/mol. The molecular formula is C13H16F3N. The molecule has 17 heavy (non-hydrogen) atoms. The van der Waals surface area contributed by atoms with Crippen LogP contribution in [0.4, 0.5) is 13.2 Å². The Morgan fingerprint density at radius 1 is 1.18 bits per heavy atom. The number of hydrogen-bond acceptors (Lipinski definition) is 1. The number of rotatable bonds is 2. The Kier molecular flexibility index (Phi) is 3.17. The van der Waals surface area contributed by atoms with Crippen LogP contribution in [-0.2, 0) is 6.18 Å². The van der Waals surface area contributed by atoms with Crippen LogP contribution in [0.15, 0.2) is 24.3 Å². The van der Waals surface area contributed by atoms with Gasteiger partial charge in [-0.25, -0.2) is 0 Å². The van der Waals surface area contributed by atoms with Gasteiger partial charge in [-0.05, 0) is 43.0 Å². The van der Waals surface area contributed by atoms with E-state index in [-0.39, 0.29) is 0 Å². The summed E-state index contributed by atoms with van der Waals surface area (Å²) in [6.45, 7) is 2.13. The van der Waals surface area contributed by atoms with E-state index in [0.29, 0.717) is 17.9 Å². The van der Waals surface area contributed by atoms with E-state index in [1.807, 2.05) is 7.05 Å². The van der Waals surface area contributed by atoms with Crippen LogP contribution in [-0.4, -0.2) is 13.1 Å². The minimum absolute atomic E-state index is 0.384. The summed E-state index contributed by atoms with van der Waals surface area (Å²) in [5, 5.41) is 3.21. The van der Waals surface area contributed by atoms with Crippen LogP contribution in [0, 0.1) is 5.92 Å². The van der Waals surface area contributed by atoms with Gasteiger partial charge in [-0.3, -0.25) is 0 Å². The average Bonchev–Trinajstić information content (AvgIpc) is 2.27. The smallest absolute Gasteiger partial charge is 0.317 e. The van der Waals surface area contributed by atoms with Crippen LogP contribution in [0.25, 0.3) is 0 Å². The molecule has 3 unspecified atom stereocenters. The minimum Gasteiger partial charge on any atom is -0.317 e. The number of nitrogens with one attached hydrogen (secondary N) is 1. The molecule has 2 rings (SSSR count). The third-order valence-electron chi connectivity index (χ3n) is 3.81. The molecule has 1 N–H and O–H groups in total. The molecule has 0 radical (unpaired) electrons. The van der Waals surface area contributed by atoms with Gasteiger partial charge in [0.2, 0.25) is 0 Å². The summed E-state index contributed by atoms with van der Waals surface area (Å²) >= 11 is 0. The summed E-state index contributed by atoms with van der Waals surface area (Å²) in [4.78, 5) is 0. The molecule has 3 atom stereocenters. The normalized spacial score (nSPS) is 28.9. The second kappa shape index (κ2) is 4.33. The van der Waals surface area contributed by atoms with Gasteiger partial charge in [-0.2, -0.15) is 13.2 Å². The van der Waals surface area contributed by atoms with Crippen molar-refractivity contribution in [3.63, 3.8) is 0 Å². The van der Waals surface area contributed by atoms with Gasteiger partial charge >= 0.3 is 6.18 Å². The van der Waals surface area contributed by atoms with E-state index >= 15 is 0 Å². The Labute approximate surface area is 99.0 Å². The average molecular weight is 243 g/mol. The van der Waals surface area contributed by atoms with Crippen LogP contribution in [0.3, 0.4) is 0 Å². The van der Waals surface area contributed by atoms with Crippen molar-refractivity contribution < 1.29 is 13.2 Å². The van der Waals surface area contributed by atoms with Gasteiger partial charge in [0.15, 0.2) is 0 Å². The lowest BCUT2D eigenvalue weighted by Crippen LogP contribution is -2.46. The SMILES string of the molecule is CNC1CC(c2ccc(C(F)(F)F)cc2)C1C. The molecule has 0 aromatic heterocycles. The van der Waals surface area contributed by atoms with E-state index in [4.69, 9.17) is 0 Å². The van der Waals surface area contributed by atoms with Gasteiger partial charge in [0.25, 0.3) is 0 Å². The molecule has 1 aromatic carbocycles. The highest BCUT2D eigenvalue weighted by atomic mass is 19.4. The van der Waals surface area contributed by atoms with Crippen molar-refractivity contribution in [3.05, 3.63) is 35.4 Å². The van der Waals surface area contributed by atoms with Gasteiger partial charge in [0.1, 0.15) is 0 Å². The second-order valence-corrected chi connectivity index (χ2v) is 4.72. The molecular weight excluding hydrogens is 227 g/mol. The molecule has 0 aliphatic heterocycles. The van der Waals surface area contributed by atoms with Crippen molar-refractivity contribution in [1.82, 2.24) is 5.32 Å². The maximum atomic E-state index is 12.4. The molecule has 94 valence electrons. The van der Waals surface area contributed by atoms with Crippen molar-refractivity contribution in [2.45, 2.75) is 31.5 Å². The fourth-order valence-corrected chi connectivity index (χ4v) is 2.53. The first-order chi connectivity index (χ1) is 7.93. The second-order valence-electron chi connectivity index (χ2n) is 4.72. The Hall–Kier alpha value is -1.03. The van der Waals surface area contributed by atoms with Crippen molar-refractivity contribution in [2.75, 3.05) is 7.05 Å². The quantitative estimate of drug-likeness (QED) is 0.839. The van der Waals surface area contributed by atoms with Gasteiger partial charge < -0.3 is 5.32 Å². The predicted octanol–water partition coefficient (Wildman–Crippen LogP) is 3.42. The zero-order chi connectivity index (χ0) is 12.6. The third kappa shape index (κ3) is 2.32. The topological polar surface area (TPSA) is 12.0 Å². The van der Waals surface area contributed by atoms with Crippen LogP contribution >= 0.6 is 0 Å². The molecule has 4 heteroatoms. The van der Waals surface area contributed by atoms with Crippen molar-refractivity contribution in [3.8, 4) is 0 Å². The molecule has 1 aromatic rings. The van der Waals surface area contributed by atoms with Crippen LogP contribution in [0.5, 0.6) is 0 Å². The van der Waals surface area contributed by atoms with Crippen molar-refractivity contribution in [2.24, 2.45) is 5.92 Å². The Bertz CT molecular complexity index is 383. The van der Waals surface area contributed by atoms with Crippen molar-refractivity contribution >= 4 is 0 Å². The third-order valence-corrected chi connectivity index (χ3v) is 3.81. The Balaban J connectivity index is 2.10. The lowest BCUT2D eigenvalue weighted by Gasteiger charge is -2.43. The monoisotopic (exact) mass is 243 g/mol. The largest absolute Gasteiger partial charge is 0.416 e. The minimum atomic E-state index is -4.24. The van der Waals surface area contributed by atoms with Crippen LogP contribution < -0.4 is 5.32 Å². The molecule has 0 bridgehead atoms. The zero-order valence-electron chi connectivity index (χ0n) is 9.88. The van der Waals surface area contributed by atoms with E-state index in [1.54, 1.807) is 12.1 Å². The standard InChI is InChI=1S/C13H16F3N/c1-8-11(7-12(8)17-2)9-3-5-10(6-4-9)13(14,15)16/h3-6,8,11-12,17H,7H2,1-2H3. The lowest BCUT2D eigenvalue weighted by molar-refractivity contribution is -0.137. The van der Waals surface area contributed by atoms with Gasteiger partial charge in [0, 0.05) is 6.04 Å². The first-order valence-corrected chi connectivity index (χ1v) is 5.78. The summed E-state index contributed by atoms with van der Waals surface area (Å²) < 4.78 is 37.2.